The Kier molecular flexibility index (Phi) is 9.01. The minimum Gasteiger partial charge on any atom is -0.481 e. The molecule has 18 heavy (non-hydrogen) atoms. The molecule has 0 saturated heterocycles. The summed E-state index contributed by atoms with van der Waals surface area (Å²) in [5, 5.41) is 8.65. The lowest BCUT2D eigenvalue weighted by Gasteiger charge is -2.21. The zero-order chi connectivity index (χ0) is 14.0. The summed E-state index contributed by atoms with van der Waals surface area (Å²) in [6.07, 6.45) is 4.09. The highest BCUT2D eigenvalue weighted by Gasteiger charge is 2.21. The molecule has 0 spiro atoms. The van der Waals surface area contributed by atoms with Gasteiger partial charge in [0, 0.05) is 13.1 Å². The fourth-order valence-corrected chi connectivity index (χ4v) is 3.29. The van der Waals surface area contributed by atoms with Gasteiger partial charge < -0.3 is 5.11 Å². The lowest BCUT2D eigenvalue weighted by molar-refractivity contribution is -0.137. The lowest BCUT2D eigenvalue weighted by atomic mass is 10.2. The van der Waals surface area contributed by atoms with E-state index in [0.717, 1.165) is 25.7 Å². The van der Waals surface area contributed by atoms with E-state index < -0.39 is 16.0 Å². The topological polar surface area (TPSA) is 74.7 Å². The minimum absolute atomic E-state index is 0.0884. The van der Waals surface area contributed by atoms with Crippen LogP contribution in [0.3, 0.4) is 0 Å². The third kappa shape index (κ3) is 7.66. The average molecular weight is 279 g/mol. The molecule has 1 N–H and O–H groups in total. The molecule has 0 amide bonds. The van der Waals surface area contributed by atoms with Crippen LogP contribution in [0, 0.1) is 0 Å². The van der Waals surface area contributed by atoms with Crippen LogP contribution in [0.15, 0.2) is 0 Å². The van der Waals surface area contributed by atoms with E-state index in [0.29, 0.717) is 13.0 Å². The van der Waals surface area contributed by atoms with Crippen LogP contribution in [0.4, 0.5) is 0 Å². The summed E-state index contributed by atoms with van der Waals surface area (Å²) in [5.41, 5.74) is 0. The number of unbranched alkanes of at least 4 members (excludes halogenated alkanes) is 3. The molecule has 0 aromatic carbocycles. The first-order valence-electron chi connectivity index (χ1n) is 6.63. The Bertz CT molecular complexity index is 327. The smallest absolute Gasteiger partial charge is 0.304 e. The van der Waals surface area contributed by atoms with Crippen molar-refractivity contribution in [1.29, 1.82) is 0 Å². The van der Waals surface area contributed by atoms with Gasteiger partial charge in [-0.15, -0.1) is 0 Å². The normalized spacial score (nSPS) is 11.9. The first-order chi connectivity index (χ1) is 8.44. The van der Waals surface area contributed by atoms with Crippen LogP contribution in [-0.4, -0.2) is 42.6 Å². The van der Waals surface area contributed by atoms with E-state index >= 15 is 0 Å². The maximum Gasteiger partial charge on any atom is 0.304 e. The highest BCUT2D eigenvalue weighted by Crippen LogP contribution is 2.09. The average Bonchev–Trinajstić information content (AvgIpc) is 2.30. The summed E-state index contributed by atoms with van der Waals surface area (Å²) in [6, 6.07) is 0. The Balaban J connectivity index is 4.46. The second-order valence-electron chi connectivity index (χ2n) is 4.42. The number of aliphatic carboxylic acids is 1. The molecule has 0 aromatic heterocycles. The van der Waals surface area contributed by atoms with Crippen molar-refractivity contribution in [3.63, 3.8) is 0 Å². The number of hydrogen-bond donors (Lipinski definition) is 1. The van der Waals surface area contributed by atoms with Crippen LogP contribution >= 0.6 is 0 Å². The maximum atomic E-state index is 12.0. The third-order valence-corrected chi connectivity index (χ3v) is 4.69. The van der Waals surface area contributed by atoms with Crippen molar-refractivity contribution >= 4 is 16.0 Å². The first kappa shape index (κ1) is 17.4. The molecule has 0 bridgehead atoms. The van der Waals surface area contributed by atoms with Gasteiger partial charge in [-0.3, -0.25) is 4.79 Å². The SMILES string of the molecule is CCCCCN(CCC(=O)O)S(=O)(=O)CCCC. The molecule has 6 heteroatoms. The molecule has 0 unspecified atom stereocenters. The Hall–Kier alpha value is -0.620. The number of carbonyl (C=O) groups is 1. The molecular formula is C12H25NO4S. The van der Waals surface area contributed by atoms with Gasteiger partial charge in [0.15, 0.2) is 0 Å². The third-order valence-electron chi connectivity index (χ3n) is 2.74. The largest absolute Gasteiger partial charge is 0.481 e. The molecule has 5 nitrogen and oxygen atoms in total. The lowest BCUT2D eigenvalue weighted by Crippen LogP contribution is -2.35. The van der Waals surface area contributed by atoms with E-state index in [-0.39, 0.29) is 18.7 Å². The van der Waals surface area contributed by atoms with Crippen molar-refractivity contribution < 1.29 is 18.3 Å². The van der Waals surface area contributed by atoms with Crippen LogP contribution < -0.4 is 0 Å². The fraction of sp³-hybridized carbons (Fsp3) is 0.917. The predicted octanol–water partition coefficient (Wildman–Crippen LogP) is 2.08. The minimum atomic E-state index is -3.29. The molecule has 0 aliphatic carbocycles. The molecule has 0 aliphatic heterocycles. The van der Waals surface area contributed by atoms with E-state index in [1.807, 2.05) is 13.8 Å². The highest BCUT2D eigenvalue weighted by molar-refractivity contribution is 7.89. The van der Waals surface area contributed by atoms with E-state index in [9.17, 15) is 13.2 Å². The van der Waals surface area contributed by atoms with Crippen molar-refractivity contribution in [2.24, 2.45) is 0 Å². The van der Waals surface area contributed by atoms with Crippen molar-refractivity contribution in [2.45, 2.75) is 52.4 Å². The summed E-state index contributed by atoms with van der Waals surface area (Å²) >= 11 is 0. The summed E-state index contributed by atoms with van der Waals surface area (Å²) in [4.78, 5) is 10.6. The van der Waals surface area contributed by atoms with E-state index in [4.69, 9.17) is 5.11 Å². The van der Waals surface area contributed by atoms with Gasteiger partial charge in [0.2, 0.25) is 10.0 Å². The summed E-state index contributed by atoms with van der Waals surface area (Å²) in [6.45, 7) is 4.51. The van der Waals surface area contributed by atoms with E-state index in [1.165, 1.54) is 4.31 Å². The number of rotatable bonds is 11. The van der Waals surface area contributed by atoms with Gasteiger partial charge in [-0.2, -0.15) is 0 Å². The molecule has 0 fully saturated rings. The van der Waals surface area contributed by atoms with Crippen LogP contribution in [0.5, 0.6) is 0 Å². The summed E-state index contributed by atoms with van der Waals surface area (Å²) < 4.78 is 25.4. The maximum absolute atomic E-state index is 12.0. The van der Waals surface area contributed by atoms with Crippen molar-refractivity contribution in [1.82, 2.24) is 4.31 Å². The number of hydrogen-bond acceptors (Lipinski definition) is 3. The monoisotopic (exact) mass is 279 g/mol. The van der Waals surface area contributed by atoms with Gasteiger partial charge in [0.05, 0.1) is 12.2 Å². The van der Waals surface area contributed by atoms with Crippen LogP contribution in [0.1, 0.15) is 52.4 Å². The van der Waals surface area contributed by atoms with Gasteiger partial charge in [-0.1, -0.05) is 33.1 Å². The van der Waals surface area contributed by atoms with Crippen LogP contribution in [0.2, 0.25) is 0 Å². The fourth-order valence-electron chi connectivity index (χ4n) is 1.60. The number of carboxylic acid groups (broad SMARTS) is 1. The van der Waals surface area contributed by atoms with Gasteiger partial charge in [0.1, 0.15) is 0 Å². The van der Waals surface area contributed by atoms with Gasteiger partial charge in [-0.25, -0.2) is 12.7 Å². The van der Waals surface area contributed by atoms with Gasteiger partial charge in [-0.05, 0) is 12.8 Å². The molecule has 0 atom stereocenters. The van der Waals surface area contributed by atoms with Crippen molar-refractivity contribution in [3.8, 4) is 0 Å². The zero-order valence-electron chi connectivity index (χ0n) is 11.4. The van der Waals surface area contributed by atoms with E-state index in [2.05, 4.69) is 0 Å². The quantitative estimate of drug-likeness (QED) is 0.588. The standard InChI is InChI=1S/C12H25NO4S/c1-3-5-7-9-13(10-8-12(14)15)18(16,17)11-6-4-2/h3-11H2,1-2H3,(H,14,15). The summed E-state index contributed by atoms with van der Waals surface area (Å²) in [5.74, 6) is -0.837. The number of sulfonamides is 1. The first-order valence-corrected chi connectivity index (χ1v) is 8.24. The molecule has 0 aromatic rings. The zero-order valence-corrected chi connectivity index (χ0v) is 12.2. The second kappa shape index (κ2) is 9.33. The highest BCUT2D eigenvalue weighted by atomic mass is 32.2. The van der Waals surface area contributed by atoms with Crippen LogP contribution in [0.25, 0.3) is 0 Å². The van der Waals surface area contributed by atoms with Crippen LogP contribution in [-0.2, 0) is 14.8 Å². The molecular weight excluding hydrogens is 254 g/mol. The molecule has 108 valence electrons. The number of nitrogens with zero attached hydrogens (tertiary/aromatic N) is 1. The molecule has 0 heterocycles. The van der Waals surface area contributed by atoms with Gasteiger partial charge in [0.25, 0.3) is 0 Å². The Morgan fingerprint density at radius 2 is 1.67 bits per heavy atom. The van der Waals surface area contributed by atoms with E-state index in [1.54, 1.807) is 0 Å². The predicted molar refractivity (Wildman–Crippen MR) is 72.0 cm³/mol. The van der Waals surface area contributed by atoms with Crippen molar-refractivity contribution in [2.75, 3.05) is 18.8 Å². The number of carboxylic acids is 1. The second-order valence-corrected chi connectivity index (χ2v) is 6.51. The Labute approximate surface area is 110 Å². The Morgan fingerprint density at radius 3 is 2.17 bits per heavy atom. The molecule has 0 rings (SSSR count). The Morgan fingerprint density at radius 1 is 1.06 bits per heavy atom. The summed E-state index contributed by atoms with van der Waals surface area (Å²) in [7, 11) is -3.29. The molecule has 0 radical (unpaired) electrons. The molecule has 0 saturated carbocycles. The molecule has 0 aliphatic rings. The van der Waals surface area contributed by atoms with Crippen molar-refractivity contribution in [3.05, 3.63) is 0 Å². The van der Waals surface area contributed by atoms with Gasteiger partial charge >= 0.3 is 5.97 Å².